The number of rotatable bonds is 6. The minimum absolute atomic E-state index is 0.139. The van der Waals surface area contributed by atoms with Gasteiger partial charge < -0.3 is 19.5 Å². The number of benzene rings is 1. The van der Waals surface area contributed by atoms with Gasteiger partial charge in [-0.05, 0) is 19.4 Å². The molecule has 1 saturated heterocycles. The molecular weight excluding hydrogens is 270 g/mol. The number of hydrogen-bond donors (Lipinski definition) is 1. The Morgan fingerprint density at radius 2 is 2.14 bits per heavy atom. The van der Waals surface area contributed by atoms with E-state index < -0.39 is 5.79 Å². The molecule has 1 aromatic rings. The second-order valence-electron chi connectivity index (χ2n) is 5.62. The van der Waals surface area contributed by atoms with Crippen molar-refractivity contribution in [2.45, 2.75) is 44.7 Å². The second-order valence-corrected chi connectivity index (χ2v) is 5.62. The van der Waals surface area contributed by atoms with E-state index in [1.165, 1.54) is 7.11 Å². The van der Waals surface area contributed by atoms with Gasteiger partial charge in [-0.25, -0.2) is 0 Å². The zero-order chi connectivity index (χ0) is 15.3. The number of methoxy groups -OCH3 is 1. The molecule has 2 rings (SSSR count). The van der Waals surface area contributed by atoms with E-state index >= 15 is 0 Å². The summed E-state index contributed by atoms with van der Waals surface area (Å²) in [5.74, 6) is -0.859. The molecule has 1 fully saturated rings. The summed E-state index contributed by atoms with van der Waals surface area (Å²) in [4.78, 5) is 11.6. The van der Waals surface area contributed by atoms with Crippen molar-refractivity contribution in [2.24, 2.45) is 0 Å². The van der Waals surface area contributed by atoms with Crippen LogP contribution in [0.2, 0.25) is 0 Å². The van der Waals surface area contributed by atoms with Crippen LogP contribution in [0.5, 0.6) is 0 Å². The minimum Gasteiger partial charge on any atom is -0.469 e. The van der Waals surface area contributed by atoms with Crippen LogP contribution in [-0.2, 0) is 25.5 Å². The fourth-order valence-corrected chi connectivity index (χ4v) is 2.36. The van der Waals surface area contributed by atoms with Gasteiger partial charge in [0, 0.05) is 12.6 Å². The Kier molecular flexibility index (Phi) is 5.33. The van der Waals surface area contributed by atoms with Gasteiger partial charge in [0.2, 0.25) is 0 Å². The van der Waals surface area contributed by atoms with Gasteiger partial charge in [0.25, 0.3) is 0 Å². The lowest BCUT2D eigenvalue weighted by atomic mass is 10.1. The van der Waals surface area contributed by atoms with Gasteiger partial charge in [0.1, 0.15) is 6.10 Å². The Labute approximate surface area is 125 Å². The number of hydrogen-bond acceptors (Lipinski definition) is 5. The average molecular weight is 293 g/mol. The third-order valence-electron chi connectivity index (χ3n) is 3.50. The zero-order valence-corrected chi connectivity index (χ0v) is 12.8. The Bertz CT molecular complexity index is 461. The van der Waals surface area contributed by atoms with Crippen LogP contribution in [0.4, 0.5) is 0 Å². The lowest BCUT2D eigenvalue weighted by Gasteiger charge is -2.24. The highest BCUT2D eigenvalue weighted by Gasteiger charge is 2.38. The lowest BCUT2D eigenvalue weighted by Crippen LogP contribution is -2.43. The van der Waals surface area contributed by atoms with Gasteiger partial charge in [-0.3, -0.25) is 4.79 Å². The van der Waals surface area contributed by atoms with Crippen LogP contribution in [0.15, 0.2) is 30.3 Å². The first-order chi connectivity index (χ1) is 10.00. The van der Waals surface area contributed by atoms with Crippen molar-refractivity contribution in [3.8, 4) is 0 Å². The van der Waals surface area contributed by atoms with E-state index in [9.17, 15) is 4.79 Å². The third-order valence-corrected chi connectivity index (χ3v) is 3.50. The molecular formula is C16H23NO4. The lowest BCUT2D eigenvalue weighted by molar-refractivity contribution is -0.149. The predicted octanol–water partition coefficient (Wildman–Crippen LogP) is 1.86. The van der Waals surface area contributed by atoms with Crippen LogP contribution in [-0.4, -0.2) is 37.6 Å². The summed E-state index contributed by atoms with van der Waals surface area (Å²) >= 11 is 0. The van der Waals surface area contributed by atoms with Gasteiger partial charge in [-0.2, -0.15) is 0 Å². The molecule has 1 heterocycles. The Morgan fingerprint density at radius 1 is 1.43 bits per heavy atom. The van der Waals surface area contributed by atoms with Crippen LogP contribution < -0.4 is 5.32 Å². The van der Waals surface area contributed by atoms with E-state index in [0.29, 0.717) is 13.2 Å². The van der Waals surface area contributed by atoms with E-state index in [1.54, 1.807) is 0 Å². The monoisotopic (exact) mass is 293 g/mol. The fourth-order valence-electron chi connectivity index (χ4n) is 2.36. The average Bonchev–Trinajstić information content (AvgIpc) is 2.84. The van der Waals surface area contributed by atoms with Gasteiger partial charge in [-0.15, -0.1) is 0 Å². The topological polar surface area (TPSA) is 56.8 Å². The van der Waals surface area contributed by atoms with Crippen molar-refractivity contribution < 1.29 is 19.0 Å². The van der Waals surface area contributed by atoms with E-state index in [-0.39, 0.29) is 24.5 Å². The molecule has 21 heavy (non-hydrogen) atoms. The van der Waals surface area contributed by atoms with Crippen molar-refractivity contribution in [3.05, 3.63) is 35.9 Å². The predicted molar refractivity (Wildman–Crippen MR) is 78.6 cm³/mol. The smallest absolute Gasteiger partial charge is 0.307 e. The first-order valence-corrected chi connectivity index (χ1v) is 7.16. The Hall–Kier alpha value is -1.43. The van der Waals surface area contributed by atoms with Crippen LogP contribution >= 0.6 is 0 Å². The molecule has 5 nitrogen and oxygen atoms in total. The summed E-state index contributed by atoms with van der Waals surface area (Å²) < 4.78 is 16.2. The molecule has 0 saturated carbocycles. The summed E-state index contributed by atoms with van der Waals surface area (Å²) in [5, 5.41) is 3.38. The Balaban J connectivity index is 1.97. The fraction of sp³-hybridized carbons (Fsp3) is 0.562. The Morgan fingerprint density at radius 3 is 2.71 bits per heavy atom. The van der Waals surface area contributed by atoms with E-state index in [0.717, 1.165) is 5.56 Å². The summed E-state index contributed by atoms with van der Waals surface area (Å²) in [6, 6.07) is 9.90. The molecule has 1 aromatic carbocycles. The second kappa shape index (κ2) is 7.02. The molecule has 0 unspecified atom stereocenters. The number of carbonyl (C=O) groups is 1. The highest BCUT2D eigenvalue weighted by Crippen LogP contribution is 2.25. The highest BCUT2D eigenvalue weighted by atomic mass is 16.7. The van der Waals surface area contributed by atoms with Crippen LogP contribution in [0.3, 0.4) is 0 Å². The molecule has 0 radical (unpaired) electrons. The number of nitrogens with one attached hydrogen (secondary N) is 1. The summed E-state index contributed by atoms with van der Waals surface area (Å²) in [6.07, 6.45) is 0.0933. The largest absolute Gasteiger partial charge is 0.469 e. The molecule has 5 heteroatoms. The number of ether oxygens (including phenoxy) is 3. The molecule has 0 bridgehead atoms. The standard InChI is InChI=1S/C16H23NO4/c1-16(2)20-11-14(21-16)13(9-15(18)19-3)17-10-12-7-5-4-6-8-12/h4-8,13-14,17H,9-11H2,1-3H3/t13-,14+/m0/s1. The van der Waals surface area contributed by atoms with Crippen LogP contribution in [0.25, 0.3) is 0 Å². The molecule has 0 aliphatic carbocycles. The molecule has 0 aromatic heterocycles. The molecule has 0 spiro atoms. The first kappa shape index (κ1) is 15.9. The van der Waals surface area contributed by atoms with Crippen LogP contribution in [0, 0.1) is 0 Å². The number of esters is 1. The maximum absolute atomic E-state index is 11.6. The van der Waals surface area contributed by atoms with Gasteiger partial charge in [0.15, 0.2) is 5.79 Å². The quantitative estimate of drug-likeness (QED) is 0.811. The SMILES string of the molecule is COC(=O)C[C@H](NCc1ccccc1)[C@H]1COC(C)(C)O1. The van der Waals surface area contributed by atoms with Gasteiger partial charge in [-0.1, -0.05) is 30.3 Å². The zero-order valence-electron chi connectivity index (χ0n) is 12.8. The summed E-state index contributed by atoms with van der Waals surface area (Å²) in [5.41, 5.74) is 1.16. The van der Waals surface area contributed by atoms with Gasteiger partial charge >= 0.3 is 5.97 Å². The number of carbonyl (C=O) groups excluding carboxylic acids is 1. The van der Waals surface area contributed by atoms with E-state index in [1.807, 2.05) is 44.2 Å². The van der Waals surface area contributed by atoms with Gasteiger partial charge in [0.05, 0.1) is 20.1 Å². The summed E-state index contributed by atoms with van der Waals surface area (Å²) in [6.45, 7) is 4.89. The molecule has 1 aliphatic rings. The molecule has 0 amide bonds. The maximum atomic E-state index is 11.6. The molecule has 116 valence electrons. The third kappa shape index (κ3) is 4.81. The normalized spacial score (nSPS) is 22.0. The van der Waals surface area contributed by atoms with Crippen molar-refractivity contribution in [1.29, 1.82) is 0 Å². The van der Waals surface area contributed by atoms with Crippen molar-refractivity contribution in [3.63, 3.8) is 0 Å². The van der Waals surface area contributed by atoms with Crippen LogP contribution in [0.1, 0.15) is 25.8 Å². The van der Waals surface area contributed by atoms with Crippen molar-refractivity contribution in [1.82, 2.24) is 5.32 Å². The van der Waals surface area contributed by atoms with E-state index in [4.69, 9.17) is 14.2 Å². The minimum atomic E-state index is -0.604. The molecule has 2 atom stereocenters. The maximum Gasteiger partial charge on any atom is 0.307 e. The first-order valence-electron chi connectivity index (χ1n) is 7.16. The van der Waals surface area contributed by atoms with E-state index in [2.05, 4.69) is 5.32 Å². The highest BCUT2D eigenvalue weighted by molar-refractivity contribution is 5.70. The molecule has 1 N–H and O–H groups in total. The molecule has 1 aliphatic heterocycles. The van der Waals surface area contributed by atoms with Crippen molar-refractivity contribution >= 4 is 5.97 Å². The summed E-state index contributed by atoms with van der Waals surface area (Å²) in [7, 11) is 1.40. The van der Waals surface area contributed by atoms with Crippen molar-refractivity contribution in [2.75, 3.05) is 13.7 Å².